The second-order valence-electron chi connectivity index (χ2n) is 9.05. The molecular formula is C30H28N4O4S. The predicted molar refractivity (Wildman–Crippen MR) is 150 cm³/mol. The van der Waals surface area contributed by atoms with Gasteiger partial charge in [0.15, 0.2) is 5.17 Å². The number of fused-ring (bicyclic) bond motifs is 1. The number of rotatable bonds is 9. The highest BCUT2D eigenvalue weighted by Crippen LogP contribution is 2.45. The van der Waals surface area contributed by atoms with E-state index < -0.39 is 12.0 Å². The molecule has 1 atom stereocenters. The number of nitrogens with one attached hydrogen (secondary N) is 1. The van der Waals surface area contributed by atoms with Gasteiger partial charge in [-0.3, -0.25) is 9.78 Å². The van der Waals surface area contributed by atoms with Crippen LogP contribution in [-0.2, 0) is 27.5 Å². The molecule has 1 aromatic heterocycles. The van der Waals surface area contributed by atoms with E-state index in [-0.39, 0.29) is 18.9 Å². The molecule has 39 heavy (non-hydrogen) atoms. The second kappa shape index (κ2) is 12.0. The van der Waals surface area contributed by atoms with Crippen molar-refractivity contribution in [3.8, 4) is 5.75 Å². The molecule has 9 heteroatoms. The van der Waals surface area contributed by atoms with Gasteiger partial charge in [-0.2, -0.15) is 0 Å². The van der Waals surface area contributed by atoms with E-state index in [4.69, 9.17) is 14.5 Å². The van der Waals surface area contributed by atoms with Crippen molar-refractivity contribution in [2.75, 3.05) is 7.11 Å². The van der Waals surface area contributed by atoms with Crippen LogP contribution in [0.25, 0.3) is 0 Å². The molecule has 0 radical (unpaired) electrons. The molecule has 5 rings (SSSR count). The summed E-state index contributed by atoms with van der Waals surface area (Å²) in [5, 5.41) is 5.58. The van der Waals surface area contributed by atoms with Gasteiger partial charge in [0.2, 0.25) is 5.91 Å². The molecule has 2 aliphatic heterocycles. The Balaban J connectivity index is 1.42. The summed E-state index contributed by atoms with van der Waals surface area (Å²) in [5.41, 5.74) is 4.39. The van der Waals surface area contributed by atoms with E-state index in [0.717, 1.165) is 22.4 Å². The Labute approximate surface area is 231 Å². The number of aliphatic imine (C=N–C) groups is 1. The number of esters is 1. The topological polar surface area (TPSA) is 93.1 Å². The summed E-state index contributed by atoms with van der Waals surface area (Å²) in [5.74, 6) is 0.0675. The van der Waals surface area contributed by atoms with Crippen LogP contribution in [0.15, 0.2) is 106 Å². The van der Waals surface area contributed by atoms with Crippen LogP contribution in [0, 0.1) is 0 Å². The summed E-state index contributed by atoms with van der Waals surface area (Å²) in [6.45, 7) is 2.34. The normalized spacial score (nSPS) is 16.3. The molecule has 2 aromatic carbocycles. The van der Waals surface area contributed by atoms with Crippen molar-refractivity contribution >= 4 is 28.8 Å². The predicted octanol–water partition coefficient (Wildman–Crippen LogP) is 5.12. The largest absolute Gasteiger partial charge is 0.497 e. The number of benzene rings is 2. The third kappa shape index (κ3) is 6.04. The Morgan fingerprint density at radius 2 is 1.87 bits per heavy atom. The second-order valence-corrected chi connectivity index (χ2v) is 9.88. The Kier molecular flexibility index (Phi) is 8.07. The molecule has 0 bridgehead atoms. The summed E-state index contributed by atoms with van der Waals surface area (Å²) in [6, 6.07) is 20.3. The number of amidine groups is 1. The molecule has 1 unspecified atom stereocenters. The summed E-state index contributed by atoms with van der Waals surface area (Å²) < 4.78 is 11.2. The van der Waals surface area contributed by atoms with Crippen LogP contribution in [0.1, 0.15) is 36.1 Å². The number of allylic oxidation sites excluding steroid dienone is 1. The number of amides is 1. The molecule has 3 aromatic rings. The molecule has 0 fully saturated rings. The zero-order valence-corrected chi connectivity index (χ0v) is 22.5. The number of pyridine rings is 1. The smallest absolute Gasteiger partial charge is 0.338 e. The lowest BCUT2D eigenvalue weighted by Crippen LogP contribution is -2.38. The molecule has 1 N–H and O–H groups in total. The summed E-state index contributed by atoms with van der Waals surface area (Å²) >= 11 is 1.43. The van der Waals surface area contributed by atoms with Crippen molar-refractivity contribution in [2.45, 2.75) is 32.5 Å². The van der Waals surface area contributed by atoms with Crippen molar-refractivity contribution in [3.05, 3.63) is 118 Å². The van der Waals surface area contributed by atoms with Crippen LogP contribution in [0.2, 0.25) is 0 Å². The number of methoxy groups -OCH3 is 1. The first-order valence-electron chi connectivity index (χ1n) is 12.5. The number of aromatic nitrogens is 1. The lowest BCUT2D eigenvalue weighted by atomic mass is 9.93. The number of hydrogen-bond acceptors (Lipinski definition) is 8. The Morgan fingerprint density at radius 3 is 2.64 bits per heavy atom. The molecule has 198 valence electrons. The number of nitrogens with zero attached hydrogens (tertiary/aromatic N) is 3. The van der Waals surface area contributed by atoms with Crippen molar-refractivity contribution in [1.29, 1.82) is 0 Å². The number of carbonyl (C=O) groups is 2. The molecular weight excluding hydrogens is 512 g/mol. The van der Waals surface area contributed by atoms with E-state index in [1.165, 1.54) is 11.8 Å². The summed E-state index contributed by atoms with van der Waals surface area (Å²) in [4.78, 5) is 37.3. The van der Waals surface area contributed by atoms with Crippen LogP contribution >= 0.6 is 11.8 Å². The minimum absolute atomic E-state index is 0.123. The quantitative estimate of drug-likeness (QED) is 0.377. The first-order chi connectivity index (χ1) is 19.0. The maximum Gasteiger partial charge on any atom is 0.338 e. The Hall–Kier alpha value is -4.37. The van der Waals surface area contributed by atoms with Crippen molar-refractivity contribution in [3.63, 3.8) is 0 Å². The zero-order chi connectivity index (χ0) is 27.2. The standard InChI is InChI=1S/C30H28N4O4S/c1-20-27(29(36)38-18-21-8-4-3-5-9-21)28(23-11-6-12-25(14-23)37-2)34-24(19-39-30(34)33-20)15-26(35)32-17-22-10-7-13-31-16-22/h3-14,16,19,28H,15,17-18H2,1-2H3,(H,32,35). The first kappa shape index (κ1) is 26.2. The number of hydrogen-bond donors (Lipinski definition) is 1. The van der Waals surface area contributed by atoms with E-state index in [0.29, 0.717) is 28.7 Å². The van der Waals surface area contributed by atoms with E-state index in [9.17, 15) is 9.59 Å². The van der Waals surface area contributed by atoms with Gasteiger partial charge >= 0.3 is 5.97 Å². The third-order valence-corrected chi connectivity index (χ3v) is 7.29. The molecule has 8 nitrogen and oxygen atoms in total. The van der Waals surface area contributed by atoms with Crippen molar-refractivity contribution in [2.24, 2.45) is 4.99 Å². The highest BCUT2D eigenvalue weighted by atomic mass is 32.2. The van der Waals surface area contributed by atoms with Crippen LogP contribution < -0.4 is 10.1 Å². The number of ether oxygens (including phenoxy) is 2. The monoisotopic (exact) mass is 540 g/mol. The fourth-order valence-electron chi connectivity index (χ4n) is 4.49. The van der Waals surface area contributed by atoms with Gasteiger partial charge < -0.3 is 19.7 Å². The minimum atomic E-state index is -0.539. The Morgan fingerprint density at radius 1 is 1.05 bits per heavy atom. The van der Waals surface area contributed by atoms with Gasteiger partial charge in [-0.15, -0.1) is 0 Å². The maximum absolute atomic E-state index is 13.6. The average Bonchev–Trinajstić information content (AvgIpc) is 3.36. The molecule has 0 aliphatic carbocycles. The maximum atomic E-state index is 13.6. The molecule has 0 saturated heterocycles. The van der Waals surface area contributed by atoms with Crippen LogP contribution in [0.4, 0.5) is 0 Å². The van der Waals surface area contributed by atoms with E-state index in [1.54, 1.807) is 19.5 Å². The van der Waals surface area contributed by atoms with Crippen LogP contribution in [0.3, 0.4) is 0 Å². The molecule has 1 amide bonds. The van der Waals surface area contributed by atoms with Gasteiger partial charge in [0.25, 0.3) is 0 Å². The number of carbonyl (C=O) groups excluding carboxylic acids is 2. The van der Waals surface area contributed by atoms with Gasteiger partial charge in [-0.1, -0.05) is 60.3 Å². The molecule has 0 saturated carbocycles. The first-order valence-corrected chi connectivity index (χ1v) is 13.4. The molecule has 0 spiro atoms. The Bertz CT molecular complexity index is 1450. The zero-order valence-electron chi connectivity index (χ0n) is 21.7. The van der Waals surface area contributed by atoms with Gasteiger partial charge in [0.05, 0.1) is 30.8 Å². The SMILES string of the molecule is COc1cccc(C2C(C(=O)OCc3ccccc3)=C(C)N=C3SC=C(CC(=O)NCc4cccnc4)N32)c1. The minimum Gasteiger partial charge on any atom is -0.497 e. The van der Waals surface area contributed by atoms with Gasteiger partial charge in [0, 0.05) is 24.6 Å². The van der Waals surface area contributed by atoms with Gasteiger partial charge in [-0.05, 0) is 47.2 Å². The highest BCUT2D eigenvalue weighted by Gasteiger charge is 2.41. The van der Waals surface area contributed by atoms with E-state index in [2.05, 4.69) is 10.3 Å². The third-order valence-electron chi connectivity index (χ3n) is 6.40. The highest BCUT2D eigenvalue weighted by molar-refractivity contribution is 8.16. The summed E-state index contributed by atoms with van der Waals surface area (Å²) in [6.07, 6.45) is 3.54. The van der Waals surface area contributed by atoms with Gasteiger partial charge in [-0.25, -0.2) is 9.79 Å². The number of thioether (sulfide) groups is 1. The van der Waals surface area contributed by atoms with Crippen molar-refractivity contribution < 1.29 is 19.1 Å². The van der Waals surface area contributed by atoms with Crippen molar-refractivity contribution in [1.82, 2.24) is 15.2 Å². The van der Waals surface area contributed by atoms with E-state index >= 15 is 0 Å². The molecule has 3 heterocycles. The lowest BCUT2D eigenvalue weighted by molar-refractivity contribution is -0.141. The van der Waals surface area contributed by atoms with E-state index in [1.807, 2.05) is 84.0 Å². The van der Waals surface area contributed by atoms with Crippen LogP contribution in [-0.4, -0.2) is 34.0 Å². The lowest BCUT2D eigenvalue weighted by Gasteiger charge is -2.36. The summed E-state index contributed by atoms with van der Waals surface area (Å²) in [7, 11) is 1.60. The fourth-order valence-corrected chi connectivity index (χ4v) is 5.45. The van der Waals surface area contributed by atoms with Crippen LogP contribution in [0.5, 0.6) is 5.75 Å². The van der Waals surface area contributed by atoms with Gasteiger partial charge in [0.1, 0.15) is 12.4 Å². The average molecular weight is 541 g/mol. The fraction of sp³-hybridized carbons (Fsp3) is 0.200. The molecule has 2 aliphatic rings.